The summed E-state index contributed by atoms with van der Waals surface area (Å²) in [6.07, 6.45) is 5.87. The number of carbonyl (C=O) groups is 2. The topological polar surface area (TPSA) is 69.0 Å². The first-order valence-corrected chi connectivity index (χ1v) is 7.11. The number of rotatable bonds is 6. The van der Waals surface area contributed by atoms with Crippen LogP contribution in [0.2, 0.25) is 0 Å². The molecule has 116 valence electrons. The molecule has 0 spiro atoms. The summed E-state index contributed by atoms with van der Waals surface area (Å²) in [5.41, 5.74) is 0.408. The van der Waals surface area contributed by atoms with E-state index in [4.69, 9.17) is 13.9 Å². The number of furan rings is 1. The second-order valence-corrected chi connectivity index (χ2v) is 5.17. The number of hydrogen-bond acceptors (Lipinski definition) is 6. The molecular formula is C15H21NO5. The van der Waals surface area contributed by atoms with Gasteiger partial charge in [-0.25, -0.2) is 4.79 Å². The summed E-state index contributed by atoms with van der Waals surface area (Å²) < 4.78 is 14.9. The molecule has 6 nitrogen and oxygen atoms in total. The van der Waals surface area contributed by atoms with Crippen LogP contribution in [-0.2, 0) is 20.8 Å². The van der Waals surface area contributed by atoms with E-state index in [0.717, 1.165) is 25.7 Å². The molecule has 21 heavy (non-hydrogen) atoms. The Balaban J connectivity index is 2.12. The van der Waals surface area contributed by atoms with E-state index in [9.17, 15) is 9.59 Å². The van der Waals surface area contributed by atoms with E-state index >= 15 is 0 Å². The highest BCUT2D eigenvalue weighted by atomic mass is 16.5. The number of carbonyl (C=O) groups excluding carboxylic acids is 2. The minimum absolute atomic E-state index is 0.197. The average Bonchev–Trinajstić information content (AvgIpc) is 3.16. The van der Waals surface area contributed by atoms with Gasteiger partial charge in [0.05, 0.1) is 33.6 Å². The zero-order valence-corrected chi connectivity index (χ0v) is 12.5. The fourth-order valence-corrected chi connectivity index (χ4v) is 2.75. The molecule has 0 aliphatic heterocycles. The first-order chi connectivity index (χ1) is 10.2. The smallest absolute Gasteiger partial charge is 0.341 e. The van der Waals surface area contributed by atoms with Crippen molar-refractivity contribution in [2.75, 3.05) is 20.8 Å². The third-order valence-corrected chi connectivity index (χ3v) is 3.90. The molecular weight excluding hydrogens is 274 g/mol. The van der Waals surface area contributed by atoms with Crippen LogP contribution in [0.15, 0.2) is 16.7 Å². The molecule has 0 amide bonds. The van der Waals surface area contributed by atoms with Crippen molar-refractivity contribution in [3.63, 3.8) is 0 Å². The van der Waals surface area contributed by atoms with Gasteiger partial charge in [-0.3, -0.25) is 9.69 Å². The average molecular weight is 295 g/mol. The van der Waals surface area contributed by atoms with Crippen LogP contribution in [0.4, 0.5) is 0 Å². The number of methoxy groups -OCH3 is 2. The SMILES string of the molecule is COC(=O)CN(Cc1occc1C(=O)OC)C1CCCC1. The van der Waals surface area contributed by atoms with Crippen molar-refractivity contribution in [1.82, 2.24) is 4.90 Å². The molecule has 1 aromatic rings. The van der Waals surface area contributed by atoms with Crippen LogP contribution in [0.25, 0.3) is 0 Å². The minimum atomic E-state index is -0.428. The molecule has 0 atom stereocenters. The van der Waals surface area contributed by atoms with E-state index in [1.54, 1.807) is 6.07 Å². The van der Waals surface area contributed by atoms with Gasteiger partial charge in [0.2, 0.25) is 0 Å². The van der Waals surface area contributed by atoms with Gasteiger partial charge in [-0.1, -0.05) is 12.8 Å². The van der Waals surface area contributed by atoms with Crippen LogP contribution < -0.4 is 0 Å². The summed E-state index contributed by atoms with van der Waals surface area (Å²) in [6, 6.07) is 1.91. The fourth-order valence-electron chi connectivity index (χ4n) is 2.75. The normalized spacial score (nSPS) is 15.4. The summed E-state index contributed by atoms with van der Waals surface area (Å²) in [7, 11) is 2.71. The second-order valence-electron chi connectivity index (χ2n) is 5.17. The third-order valence-electron chi connectivity index (χ3n) is 3.90. The summed E-state index contributed by atoms with van der Waals surface area (Å²) in [6.45, 7) is 0.597. The monoisotopic (exact) mass is 295 g/mol. The lowest BCUT2D eigenvalue weighted by Gasteiger charge is -2.26. The van der Waals surface area contributed by atoms with Crippen molar-refractivity contribution in [3.8, 4) is 0 Å². The maximum atomic E-state index is 11.7. The van der Waals surface area contributed by atoms with Gasteiger partial charge in [0.15, 0.2) is 0 Å². The third kappa shape index (κ3) is 3.85. The molecule has 1 heterocycles. The highest BCUT2D eigenvalue weighted by Gasteiger charge is 2.27. The van der Waals surface area contributed by atoms with Crippen LogP contribution in [0, 0.1) is 0 Å². The Morgan fingerprint density at radius 1 is 1.29 bits per heavy atom. The maximum Gasteiger partial charge on any atom is 0.341 e. The van der Waals surface area contributed by atoms with Crippen LogP contribution in [-0.4, -0.2) is 43.6 Å². The molecule has 0 saturated heterocycles. The summed E-state index contributed by atoms with van der Waals surface area (Å²) in [4.78, 5) is 25.3. The molecule has 0 N–H and O–H groups in total. The number of nitrogens with zero attached hydrogens (tertiary/aromatic N) is 1. The van der Waals surface area contributed by atoms with E-state index in [2.05, 4.69) is 0 Å². The highest BCUT2D eigenvalue weighted by Crippen LogP contribution is 2.26. The van der Waals surface area contributed by atoms with Crippen molar-refractivity contribution in [2.24, 2.45) is 0 Å². The molecule has 2 rings (SSSR count). The van der Waals surface area contributed by atoms with Gasteiger partial charge in [0.25, 0.3) is 0 Å². The quantitative estimate of drug-likeness (QED) is 0.748. The molecule has 0 aromatic carbocycles. The summed E-state index contributed by atoms with van der Waals surface area (Å²) in [5, 5.41) is 0. The van der Waals surface area contributed by atoms with E-state index in [1.807, 2.05) is 4.90 Å². The van der Waals surface area contributed by atoms with Gasteiger partial charge in [-0.15, -0.1) is 0 Å². The molecule has 0 bridgehead atoms. The van der Waals surface area contributed by atoms with E-state index in [1.165, 1.54) is 20.5 Å². The zero-order chi connectivity index (χ0) is 15.2. The Kier molecular flexibility index (Phi) is 5.38. The predicted molar refractivity (Wildman–Crippen MR) is 74.7 cm³/mol. The Morgan fingerprint density at radius 3 is 2.62 bits per heavy atom. The highest BCUT2D eigenvalue weighted by molar-refractivity contribution is 5.90. The first kappa shape index (κ1) is 15.6. The molecule has 1 aliphatic carbocycles. The summed E-state index contributed by atoms with van der Waals surface area (Å²) in [5.74, 6) is -0.186. The van der Waals surface area contributed by atoms with Crippen molar-refractivity contribution < 1.29 is 23.5 Å². The molecule has 1 aromatic heterocycles. The molecule has 6 heteroatoms. The van der Waals surface area contributed by atoms with Crippen LogP contribution >= 0.6 is 0 Å². The van der Waals surface area contributed by atoms with Crippen LogP contribution in [0.5, 0.6) is 0 Å². The summed E-state index contributed by atoms with van der Waals surface area (Å²) >= 11 is 0. The lowest BCUT2D eigenvalue weighted by Crippen LogP contribution is -2.37. The van der Waals surface area contributed by atoms with Crippen LogP contribution in [0.3, 0.4) is 0 Å². The first-order valence-electron chi connectivity index (χ1n) is 7.11. The Hall–Kier alpha value is -1.82. The van der Waals surface area contributed by atoms with Gasteiger partial charge >= 0.3 is 11.9 Å². The standard InChI is InChI=1S/C15H21NO5/c1-19-14(17)10-16(11-5-3-4-6-11)9-13-12(7-8-21-13)15(18)20-2/h7-8,11H,3-6,9-10H2,1-2H3. The number of hydrogen-bond donors (Lipinski definition) is 0. The Bertz CT molecular complexity index is 490. The lowest BCUT2D eigenvalue weighted by atomic mass is 10.1. The Labute approximate surface area is 124 Å². The van der Waals surface area contributed by atoms with Gasteiger partial charge in [0.1, 0.15) is 11.3 Å². The largest absolute Gasteiger partial charge is 0.468 e. The predicted octanol–water partition coefficient (Wildman–Crippen LogP) is 1.98. The molecule has 1 saturated carbocycles. The van der Waals surface area contributed by atoms with Gasteiger partial charge in [-0.2, -0.15) is 0 Å². The molecule has 0 unspecified atom stereocenters. The van der Waals surface area contributed by atoms with E-state index in [-0.39, 0.29) is 12.5 Å². The molecule has 1 aliphatic rings. The van der Waals surface area contributed by atoms with Gasteiger partial charge in [-0.05, 0) is 18.9 Å². The number of ether oxygens (including phenoxy) is 2. The lowest BCUT2D eigenvalue weighted by molar-refractivity contribution is -0.142. The minimum Gasteiger partial charge on any atom is -0.468 e. The van der Waals surface area contributed by atoms with Crippen molar-refractivity contribution in [1.29, 1.82) is 0 Å². The van der Waals surface area contributed by atoms with Crippen molar-refractivity contribution >= 4 is 11.9 Å². The van der Waals surface area contributed by atoms with Gasteiger partial charge in [0, 0.05) is 6.04 Å². The van der Waals surface area contributed by atoms with E-state index < -0.39 is 5.97 Å². The van der Waals surface area contributed by atoms with Crippen LogP contribution in [0.1, 0.15) is 41.8 Å². The number of esters is 2. The van der Waals surface area contributed by atoms with Crippen molar-refractivity contribution in [2.45, 2.75) is 38.3 Å². The van der Waals surface area contributed by atoms with Crippen molar-refractivity contribution in [3.05, 3.63) is 23.7 Å². The van der Waals surface area contributed by atoms with Gasteiger partial charge < -0.3 is 13.9 Å². The Morgan fingerprint density at radius 2 is 2.00 bits per heavy atom. The molecule has 0 radical (unpaired) electrons. The molecule has 1 fully saturated rings. The fraction of sp³-hybridized carbons (Fsp3) is 0.600. The van der Waals surface area contributed by atoms with E-state index in [0.29, 0.717) is 23.9 Å². The zero-order valence-electron chi connectivity index (χ0n) is 12.5. The maximum absolute atomic E-state index is 11.7. The second kappa shape index (κ2) is 7.26.